The number of anilines is 1. The van der Waals surface area contributed by atoms with Gasteiger partial charge in [0.15, 0.2) is 11.5 Å². The van der Waals surface area contributed by atoms with E-state index in [9.17, 15) is 10.1 Å². The molecule has 0 atom stereocenters. The van der Waals surface area contributed by atoms with E-state index in [1.54, 1.807) is 42.5 Å². The lowest BCUT2D eigenvalue weighted by Gasteiger charge is -2.14. The minimum absolute atomic E-state index is 0.0394. The van der Waals surface area contributed by atoms with Crippen LogP contribution in [0.15, 0.2) is 119 Å². The zero-order chi connectivity index (χ0) is 30.0. The van der Waals surface area contributed by atoms with Crippen molar-refractivity contribution in [1.29, 1.82) is 5.26 Å². The van der Waals surface area contributed by atoms with Crippen LogP contribution in [0.4, 0.5) is 5.69 Å². The number of nitrogens with zero attached hydrogens (tertiary/aromatic N) is 1. The van der Waals surface area contributed by atoms with Gasteiger partial charge in [-0.25, -0.2) is 0 Å². The molecule has 0 spiro atoms. The van der Waals surface area contributed by atoms with Crippen LogP contribution in [-0.2, 0) is 18.0 Å². The van der Waals surface area contributed by atoms with E-state index in [0.717, 1.165) is 26.4 Å². The van der Waals surface area contributed by atoms with Crippen LogP contribution < -0.4 is 19.5 Å². The predicted octanol–water partition coefficient (Wildman–Crippen LogP) is 8.70. The highest BCUT2D eigenvalue weighted by Crippen LogP contribution is 2.31. The van der Waals surface area contributed by atoms with Crippen molar-refractivity contribution < 1.29 is 19.0 Å². The van der Waals surface area contributed by atoms with Crippen molar-refractivity contribution in [2.24, 2.45) is 0 Å². The summed E-state index contributed by atoms with van der Waals surface area (Å²) < 4.78 is 18.8. The van der Waals surface area contributed by atoms with Crippen molar-refractivity contribution in [1.82, 2.24) is 0 Å². The van der Waals surface area contributed by atoms with Gasteiger partial charge in [-0.3, -0.25) is 4.79 Å². The van der Waals surface area contributed by atoms with Crippen molar-refractivity contribution in [2.75, 3.05) is 11.9 Å². The number of benzene rings is 5. The number of halogens is 1. The molecule has 0 saturated carbocycles. The molecule has 1 N–H and O–H groups in total. The molecule has 214 valence electrons. The first-order valence-electron chi connectivity index (χ1n) is 13.8. The molecule has 0 heterocycles. The Morgan fingerprint density at radius 2 is 1.60 bits per heavy atom. The second kappa shape index (κ2) is 14.2. The zero-order valence-electron chi connectivity index (χ0n) is 23.5. The maximum absolute atomic E-state index is 12.9. The lowest BCUT2D eigenvalue weighted by atomic mass is 10.1. The van der Waals surface area contributed by atoms with Gasteiger partial charge in [0.2, 0.25) is 0 Å². The molecule has 7 heteroatoms. The Labute approximate surface area is 259 Å². The normalized spacial score (nSPS) is 11.0. The summed E-state index contributed by atoms with van der Waals surface area (Å²) in [5.41, 5.74) is 3.26. The number of carbonyl (C=O) groups is 1. The molecule has 0 saturated heterocycles. The monoisotopic (exact) mass is 632 g/mol. The summed E-state index contributed by atoms with van der Waals surface area (Å²) in [5.74, 6) is 1.27. The van der Waals surface area contributed by atoms with Crippen LogP contribution in [0.25, 0.3) is 16.8 Å². The molecular formula is C36H29BrN2O4. The van der Waals surface area contributed by atoms with Gasteiger partial charge in [0.1, 0.15) is 30.6 Å². The van der Waals surface area contributed by atoms with Gasteiger partial charge in [0.25, 0.3) is 5.91 Å². The highest BCUT2D eigenvalue weighted by Gasteiger charge is 2.12. The Kier molecular flexibility index (Phi) is 9.73. The summed E-state index contributed by atoms with van der Waals surface area (Å²) in [5, 5.41) is 14.8. The number of nitriles is 1. The third-order valence-corrected chi connectivity index (χ3v) is 7.17. The lowest BCUT2D eigenvalue weighted by Crippen LogP contribution is -2.13. The molecular weight excluding hydrogens is 604 g/mol. The average molecular weight is 634 g/mol. The largest absolute Gasteiger partial charge is 0.490 e. The Bertz CT molecular complexity index is 1790. The molecule has 0 aliphatic rings. The van der Waals surface area contributed by atoms with Gasteiger partial charge in [-0.15, -0.1) is 0 Å². The fourth-order valence-corrected chi connectivity index (χ4v) is 4.74. The smallest absolute Gasteiger partial charge is 0.266 e. The van der Waals surface area contributed by atoms with Crippen LogP contribution in [0.5, 0.6) is 17.2 Å². The number of carbonyl (C=O) groups excluding carboxylic acids is 1. The number of rotatable bonds is 11. The van der Waals surface area contributed by atoms with Gasteiger partial charge in [-0.2, -0.15) is 5.26 Å². The predicted molar refractivity (Wildman–Crippen MR) is 173 cm³/mol. The summed E-state index contributed by atoms with van der Waals surface area (Å²) in [6.45, 7) is 3.13. The molecule has 1 amide bonds. The summed E-state index contributed by atoms with van der Waals surface area (Å²) in [6.07, 6.45) is 1.53. The van der Waals surface area contributed by atoms with Crippen molar-refractivity contribution in [3.8, 4) is 23.3 Å². The Morgan fingerprint density at radius 1 is 0.837 bits per heavy atom. The number of nitrogens with one attached hydrogen (secondary N) is 1. The van der Waals surface area contributed by atoms with Crippen molar-refractivity contribution in [3.05, 3.63) is 136 Å². The van der Waals surface area contributed by atoms with Crippen molar-refractivity contribution in [2.45, 2.75) is 20.1 Å². The molecule has 5 rings (SSSR count). The molecule has 0 aliphatic heterocycles. The second-order valence-electron chi connectivity index (χ2n) is 9.63. The minimum Gasteiger partial charge on any atom is -0.490 e. The summed E-state index contributed by atoms with van der Waals surface area (Å²) in [7, 11) is 0. The van der Waals surface area contributed by atoms with Crippen LogP contribution in [0, 0.1) is 11.3 Å². The van der Waals surface area contributed by atoms with Gasteiger partial charge < -0.3 is 19.5 Å². The van der Waals surface area contributed by atoms with E-state index in [2.05, 4.69) is 39.4 Å². The van der Waals surface area contributed by atoms with Gasteiger partial charge in [-0.05, 0) is 89.0 Å². The van der Waals surface area contributed by atoms with Crippen LogP contribution in [0.2, 0.25) is 0 Å². The summed E-state index contributed by atoms with van der Waals surface area (Å²) in [4.78, 5) is 12.9. The fraction of sp³-hybridized carbons (Fsp3) is 0.111. The maximum atomic E-state index is 12.9. The topological polar surface area (TPSA) is 80.6 Å². The van der Waals surface area contributed by atoms with E-state index < -0.39 is 5.91 Å². The second-order valence-corrected chi connectivity index (χ2v) is 10.5. The van der Waals surface area contributed by atoms with E-state index in [1.807, 2.05) is 61.5 Å². The Hall–Kier alpha value is -5.06. The van der Waals surface area contributed by atoms with E-state index in [-0.39, 0.29) is 5.57 Å². The zero-order valence-corrected chi connectivity index (χ0v) is 25.1. The van der Waals surface area contributed by atoms with E-state index in [4.69, 9.17) is 14.2 Å². The summed E-state index contributed by atoms with van der Waals surface area (Å²) in [6, 6.07) is 36.6. The number of ether oxygens (including phenoxy) is 3. The van der Waals surface area contributed by atoms with Crippen LogP contribution in [0.3, 0.4) is 0 Å². The lowest BCUT2D eigenvalue weighted by molar-refractivity contribution is -0.112. The highest BCUT2D eigenvalue weighted by molar-refractivity contribution is 9.10. The van der Waals surface area contributed by atoms with E-state index in [1.165, 1.54) is 6.08 Å². The van der Waals surface area contributed by atoms with E-state index >= 15 is 0 Å². The Balaban J connectivity index is 1.24. The van der Waals surface area contributed by atoms with Crippen LogP contribution >= 0.6 is 15.9 Å². The number of fused-ring (bicyclic) bond motifs is 1. The molecule has 0 fully saturated rings. The molecule has 0 aliphatic carbocycles. The highest BCUT2D eigenvalue weighted by atomic mass is 79.9. The molecule has 0 bridgehead atoms. The standard InChI is InChI=1S/C36H29BrN2O4/c1-2-41-35-21-26(12-19-34(35)43-24-28-8-5-7-27-6-3-4-9-33(27)28)20-29(22-38)36(40)39-31-15-17-32(18-16-31)42-23-25-10-13-30(37)14-11-25/h3-21H,2,23-24H2,1H3,(H,39,40)/b29-20+. The van der Waals surface area contributed by atoms with Gasteiger partial charge in [-0.1, -0.05) is 76.6 Å². The molecule has 5 aromatic rings. The van der Waals surface area contributed by atoms with Gasteiger partial charge in [0.05, 0.1) is 6.61 Å². The molecule has 0 radical (unpaired) electrons. The summed E-state index contributed by atoms with van der Waals surface area (Å²) >= 11 is 3.42. The SMILES string of the molecule is CCOc1cc(/C=C(\C#N)C(=O)Nc2ccc(OCc3ccc(Br)cc3)cc2)ccc1OCc1cccc2ccccc12. The number of hydrogen-bond acceptors (Lipinski definition) is 5. The Morgan fingerprint density at radius 3 is 2.37 bits per heavy atom. The van der Waals surface area contributed by atoms with Crippen molar-refractivity contribution in [3.63, 3.8) is 0 Å². The third-order valence-electron chi connectivity index (χ3n) is 6.64. The average Bonchev–Trinajstić information content (AvgIpc) is 3.03. The number of amides is 1. The molecule has 6 nitrogen and oxygen atoms in total. The van der Waals surface area contributed by atoms with Crippen LogP contribution in [0.1, 0.15) is 23.6 Å². The first-order valence-corrected chi connectivity index (χ1v) is 14.6. The molecule has 0 unspecified atom stereocenters. The molecule has 43 heavy (non-hydrogen) atoms. The first kappa shape index (κ1) is 29.4. The molecule has 0 aromatic heterocycles. The van der Waals surface area contributed by atoms with Gasteiger partial charge >= 0.3 is 0 Å². The van der Waals surface area contributed by atoms with Gasteiger partial charge in [0, 0.05) is 10.2 Å². The fourth-order valence-electron chi connectivity index (χ4n) is 4.47. The van der Waals surface area contributed by atoms with Crippen LogP contribution in [-0.4, -0.2) is 12.5 Å². The molecule has 5 aromatic carbocycles. The third kappa shape index (κ3) is 7.82. The quantitative estimate of drug-likeness (QED) is 0.116. The minimum atomic E-state index is -0.514. The number of hydrogen-bond donors (Lipinski definition) is 1. The van der Waals surface area contributed by atoms with Crippen molar-refractivity contribution >= 4 is 44.4 Å². The maximum Gasteiger partial charge on any atom is 0.266 e. The first-order chi connectivity index (χ1) is 21.0. The van der Waals surface area contributed by atoms with E-state index in [0.29, 0.717) is 48.3 Å².